The molecule has 0 atom stereocenters. The van der Waals surface area contributed by atoms with Crippen LogP contribution in [0, 0.1) is 5.92 Å². The second kappa shape index (κ2) is 5.04. The minimum atomic E-state index is 0.617. The molecule has 0 radical (unpaired) electrons. The van der Waals surface area contributed by atoms with Gasteiger partial charge in [0.25, 0.3) is 0 Å². The van der Waals surface area contributed by atoms with E-state index in [1.165, 1.54) is 12.8 Å². The van der Waals surface area contributed by atoms with Crippen LogP contribution in [-0.2, 0) is 0 Å². The van der Waals surface area contributed by atoms with Crippen molar-refractivity contribution in [2.75, 3.05) is 18.1 Å². The monoisotopic (exact) mass is 237 g/mol. The van der Waals surface area contributed by atoms with Crippen molar-refractivity contribution in [3.8, 4) is 0 Å². The van der Waals surface area contributed by atoms with Gasteiger partial charge in [0.05, 0.1) is 0 Å². The van der Waals surface area contributed by atoms with E-state index >= 15 is 0 Å². The average Bonchev–Trinajstić information content (AvgIpc) is 3.09. The Morgan fingerprint density at radius 2 is 2.19 bits per heavy atom. The minimum Gasteiger partial charge on any atom is -0.373 e. The lowest BCUT2D eigenvalue weighted by molar-refractivity contribution is 0.748. The van der Waals surface area contributed by atoms with E-state index in [0.29, 0.717) is 11.8 Å². The van der Waals surface area contributed by atoms with Crippen molar-refractivity contribution < 1.29 is 0 Å². The Hall–Kier alpha value is -0.770. The summed E-state index contributed by atoms with van der Waals surface area (Å²) in [5, 5.41) is 4.22. The molecule has 4 heteroatoms. The molecule has 1 aromatic rings. The van der Waals surface area contributed by atoms with E-state index in [1.807, 2.05) is 24.9 Å². The van der Waals surface area contributed by atoms with Crippen molar-refractivity contribution in [2.24, 2.45) is 5.92 Å². The Morgan fingerprint density at radius 1 is 1.44 bits per heavy atom. The molecule has 1 aliphatic carbocycles. The molecule has 1 aliphatic rings. The van der Waals surface area contributed by atoms with Gasteiger partial charge in [-0.15, -0.1) is 11.8 Å². The Labute approximate surface area is 101 Å². The minimum absolute atomic E-state index is 0.617. The summed E-state index contributed by atoms with van der Waals surface area (Å²) < 4.78 is 0. The third kappa shape index (κ3) is 3.11. The highest BCUT2D eigenvalue weighted by molar-refractivity contribution is 7.99. The molecule has 1 fully saturated rings. The van der Waals surface area contributed by atoms with E-state index in [0.717, 1.165) is 22.4 Å². The van der Waals surface area contributed by atoms with E-state index in [9.17, 15) is 0 Å². The molecule has 0 saturated heterocycles. The van der Waals surface area contributed by atoms with Gasteiger partial charge in [-0.25, -0.2) is 9.97 Å². The molecular weight excluding hydrogens is 218 g/mol. The van der Waals surface area contributed by atoms with Crippen LogP contribution in [0.2, 0.25) is 0 Å². The molecule has 88 valence electrons. The van der Waals surface area contributed by atoms with Gasteiger partial charge in [0, 0.05) is 24.8 Å². The van der Waals surface area contributed by atoms with Gasteiger partial charge in [-0.3, -0.25) is 0 Å². The van der Waals surface area contributed by atoms with Gasteiger partial charge < -0.3 is 5.32 Å². The average molecular weight is 237 g/mol. The van der Waals surface area contributed by atoms with Crippen molar-refractivity contribution in [3.05, 3.63) is 11.9 Å². The summed E-state index contributed by atoms with van der Waals surface area (Å²) in [6.07, 6.45) is 2.50. The molecule has 0 bridgehead atoms. The molecule has 1 N–H and O–H groups in total. The Balaban J connectivity index is 2.12. The van der Waals surface area contributed by atoms with Crippen LogP contribution in [0.25, 0.3) is 0 Å². The SMILES string of the molecule is CNc1cc(SCC(C)C)nc(C2CC2)n1. The largest absolute Gasteiger partial charge is 0.373 e. The maximum atomic E-state index is 4.63. The first-order chi connectivity index (χ1) is 7.69. The Kier molecular flexibility index (Phi) is 3.69. The maximum absolute atomic E-state index is 4.63. The predicted octanol–water partition coefficient (Wildman–Crippen LogP) is 3.14. The van der Waals surface area contributed by atoms with Gasteiger partial charge in [-0.2, -0.15) is 0 Å². The number of nitrogens with zero attached hydrogens (tertiary/aromatic N) is 2. The summed E-state index contributed by atoms with van der Waals surface area (Å²) in [6, 6.07) is 2.04. The highest BCUT2D eigenvalue weighted by Crippen LogP contribution is 2.39. The topological polar surface area (TPSA) is 37.8 Å². The number of thioether (sulfide) groups is 1. The highest BCUT2D eigenvalue weighted by Gasteiger charge is 2.27. The van der Waals surface area contributed by atoms with Gasteiger partial charge in [0.15, 0.2) is 0 Å². The molecular formula is C12H19N3S. The van der Waals surface area contributed by atoms with Crippen LogP contribution in [0.1, 0.15) is 38.4 Å². The molecule has 1 heterocycles. The van der Waals surface area contributed by atoms with Crippen molar-refractivity contribution >= 4 is 17.6 Å². The molecule has 1 aromatic heterocycles. The van der Waals surface area contributed by atoms with E-state index < -0.39 is 0 Å². The number of hydrogen-bond acceptors (Lipinski definition) is 4. The van der Waals surface area contributed by atoms with Crippen molar-refractivity contribution in [3.63, 3.8) is 0 Å². The number of anilines is 1. The van der Waals surface area contributed by atoms with E-state index in [4.69, 9.17) is 0 Å². The Bertz CT molecular complexity index is 361. The van der Waals surface area contributed by atoms with Crippen LogP contribution in [0.5, 0.6) is 0 Å². The van der Waals surface area contributed by atoms with Crippen LogP contribution < -0.4 is 5.32 Å². The van der Waals surface area contributed by atoms with Gasteiger partial charge >= 0.3 is 0 Å². The molecule has 3 nitrogen and oxygen atoms in total. The predicted molar refractivity (Wildman–Crippen MR) is 69.1 cm³/mol. The summed E-state index contributed by atoms with van der Waals surface area (Å²) in [5.41, 5.74) is 0. The second-order valence-corrected chi connectivity index (χ2v) is 5.72. The highest BCUT2D eigenvalue weighted by atomic mass is 32.2. The first-order valence-corrected chi connectivity index (χ1v) is 6.87. The molecule has 0 aliphatic heterocycles. The summed E-state index contributed by atoms with van der Waals surface area (Å²) in [6.45, 7) is 4.46. The van der Waals surface area contributed by atoms with E-state index in [2.05, 4.69) is 29.1 Å². The molecule has 16 heavy (non-hydrogen) atoms. The fraction of sp³-hybridized carbons (Fsp3) is 0.667. The molecule has 1 saturated carbocycles. The van der Waals surface area contributed by atoms with Gasteiger partial charge in [-0.1, -0.05) is 13.8 Å². The zero-order valence-electron chi connectivity index (χ0n) is 10.2. The zero-order valence-corrected chi connectivity index (χ0v) is 11.0. The smallest absolute Gasteiger partial charge is 0.135 e. The third-order valence-corrected chi connectivity index (χ3v) is 3.82. The molecule has 0 spiro atoms. The Morgan fingerprint density at radius 3 is 2.75 bits per heavy atom. The first kappa shape index (κ1) is 11.7. The summed E-state index contributed by atoms with van der Waals surface area (Å²) >= 11 is 1.83. The van der Waals surface area contributed by atoms with Crippen LogP contribution in [0.4, 0.5) is 5.82 Å². The van der Waals surface area contributed by atoms with Gasteiger partial charge in [-0.05, 0) is 18.8 Å². The normalized spacial score (nSPS) is 15.5. The molecule has 0 aromatic carbocycles. The lowest BCUT2D eigenvalue weighted by Crippen LogP contribution is -2.01. The number of hydrogen-bond donors (Lipinski definition) is 1. The van der Waals surface area contributed by atoms with Crippen molar-refractivity contribution in [2.45, 2.75) is 37.6 Å². The van der Waals surface area contributed by atoms with Crippen LogP contribution in [0.15, 0.2) is 11.1 Å². The van der Waals surface area contributed by atoms with Crippen LogP contribution in [-0.4, -0.2) is 22.8 Å². The number of rotatable bonds is 5. The number of aromatic nitrogens is 2. The lowest BCUT2D eigenvalue weighted by Gasteiger charge is -2.08. The van der Waals surface area contributed by atoms with Crippen molar-refractivity contribution in [1.82, 2.24) is 9.97 Å². The van der Waals surface area contributed by atoms with Crippen LogP contribution in [0.3, 0.4) is 0 Å². The fourth-order valence-electron chi connectivity index (χ4n) is 1.42. The van der Waals surface area contributed by atoms with E-state index in [1.54, 1.807) is 0 Å². The summed E-state index contributed by atoms with van der Waals surface area (Å²) in [7, 11) is 1.91. The van der Waals surface area contributed by atoms with Gasteiger partial charge in [0.1, 0.15) is 16.7 Å². The molecule has 0 amide bonds. The van der Waals surface area contributed by atoms with E-state index in [-0.39, 0.29) is 0 Å². The fourth-order valence-corrected chi connectivity index (χ4v) is 2.28. The molecule has 0 unspecified atom stereocenters. The summed E-state index contributed by atoms with van der Waals surface area (Å²) in [5.74, 6) is 4.40. The van der Waals surface area contributed by atoms with Crippen molar-refractivity contribution in [1.29, 1.82) is 0 Å². The van der Waals surface area contributed by atoms with Crippen LogP contribution >= 0.6 is 11.8 Å². The lowest BCUT2D eigenvalue weighted by atomic mass is 10.3. The first-order valence-electron chi connectivity index (χ1n) is 5.88. The summed E-state index contributed by atoms with van der Waals surface area (Å²) in [4.78, 5) is 9.13. The number of nitrogens with one attached hydrogen (secondary N) is 1. The van der Waals surface area contributed by atoms with Gasteiger partial charge in [0.2, 0.25) is 0 Å². The maximum Gasteiger partial charge on any atom is 0.135 e. The molecule has 2 rings (SSSR count). The zero-order chi connectivity index (χ0) is 11.5. The standard InChI is InChI=1S/C12H19N3S/c1-8(2)7-16-11-6-10(13-3)14-12(15-11)9-4-5-9/h6,8-9H,4-5,7H2,1-3H3,(H,13,14,15). The third-order valence-electron chi connectivity index (χ3n) is 2.48. The quantitative estimate of drug-likeness (QED) is 0.630. The second-order valence-electron chi connectivity index (χ2n) is 4.68.